The van der Waals surface area contributed by atoms with Gasteiger partial charge in [0.25, 0.3) is 0 Å². The maximum absolute atomic E-state index is 5.80. The number of rotatable bonds is 2. The normalized spacial score (nSPS) is 10.4. The molecule has 5 nitrogen and oxygen atoms in total. The van der Waals surface area contributed by atoms with Crippen LogP contribution in [0.3, 0.4) is 0 Å². The van der Waals surface area contributed by atoms with Crippen LogP contribution in [0.5, 0.6) is 5.75 Å². The van der Waals surface area contributed by atoms with E-state index < -0.39 is 0 Å². The van der Waals surface area contributed by atoms with Gasteiger partial charge in [-0.15, -0.1) is 0 Å². The Hall–Kier alpha value is -2.17. The Morgan fingerprint density at radius 2 is 2.12 bits per heavy atom. The molecule has 0 amide bonds. The molecule has 84 valence electrons. The number of nitrogens with two attached hydrogens (primary N) is 2. The molecule has 2 aromatic rings. The van der Waals surface area contributed by atoms with Crippen LogP contribution in [-0.2, 0) is 0 Å². The second-order valence-corrected chi connectivity index (χ2v) is 3.57. The molecule has 0 aliphatic heterocycles. The molecule has 4 N–H and O–H groups in total. The van der Waals surface area contributed by atoms with E-state index in [2.05, 4.69) is 4.98 Å². The molecule has 0 aliphatic carbocycles. The first-order valence-corrected chi connectivity index (χ1v) is 4.86. The standard InChI is InChI=1S/C11H14N4O/c1-7-5-8(3-4-9(7)16-2)10-11(12)15(13)6-14-10/h3-6H,12-13H2,1-2H3. The summed E-state index contributed by atoms with van der Waals surface area (Å²) in [4.78, 5) is 4.15. The van der Waals surface area contributed by atoms with Crippen LogP contribution in [0.1, 0.15) is 5.56 Å². The van der Waals surface area contributed by atoms with Crippen LogP contribution >= 0.6 is 0 Å². The largest absolute Gasteiger partial charge is 0.496 e. The van der Waals surface area contributed by atoms with Gasteiger partial charge in [-0.1, -0.05) is 0 Å². The summed E-state index contributed by atoms with van der Waals surface area (Å²) in [7, 11) is 1.64. The lowest BCUT2D eigenvalue weighted by Crippen LogP contribution is -2.09. The van der Waals surface area contributed by atoms with Crippen molar-refractivity contribution >= 4 is 5.82 Å². The number of hydrogen-bond donors (Lipinski definition) is 2. The zero-order chi connectivity index (χ0) is 11.7. The summed E-state index contributed by atoms with van der Waals surface area (Å²) in [5.74, 6) is 6.87. The lowest BCUT2D eigenvalue weighted by molar-refractivity contribution is 0.412. The van der Waals surface area contributed by atoms with Crippen LogP contribution in [0, 0.1) is 6.92 Å². The number of anilines is 1. The highest BCUT2D eigenvalue weighted by Crippen LogP contribution is 2.27. The molecule has 0 spiro atoms. The van der Waals surface area contributed by atoms with Gasteiger partial charge in [-0.3, -0.25) is 0 Å². The number of aromatic nitrogens is 2. The van der Waals surface area contributed by atoms with Crippen LogP contribution < -0.4 is 16.3 Å². The predicted molar refractivity (Wildman–Crippen MR) is 63.5 cm³/mol. The summed E-state index contributed by atoms with van der Waals surface area (Å²) in [5.41, 5.74) is 8.45. The van der Waals surface area contributed by atoms with Crippen LogP contribution in [-0.4, -0.2) is 16.8 Å². The molecule has 16 heavy (non-hydrogen) atoms. The maximum Gasteiger partial charge on any atom is 0.150 e. The average molecular weight is 218 g/mol. The third kappa shape index (κ3) is 1.56. The fourth-order valence-corrected chi connectivity index (χ4v) is 1.62. The molecule has 1 heterocycles. The van der Waals surface area contributed by atoms with E-state index in [1.807, 2.05) is 25.1 Å². The molecular formula is C11H14N4O. The zero-order valence-electron chi connectivity index (χ0n) is 9.27. The highest BCUT2D eigenvalue weighted by atomic mass is 16.5. The van der Waals surface area contributed by atoms with Gasteiger partial charge in [0.2, 0.25) is 0 Å². The van der Waals surface area contributed by atoms with Crippen molar-refractivity contribution in [2.24, 2.45) is 0 Å². The number of ether oxygens (including phenoxy) is 1. The van der Waals surface area contributed by atoms with Crippen molar-refractivity contribution in [3.63, 3.8) is 0 Å². The van der Waals surface area contributed by atoms with E-state index in [1.54, 1.807) is 7.11 Å². The minimum atomic E-state index is 0.449. The molecule has 1 aromatic carbocycles. The van der Waals surface area contributed by atoms with E-state index in [1.165, 1.54) is 11.0 Å². The first kappa shape index (κ1) is 10.4. The van der Waals surface area contributed by atoms with Crippen LogP contribution in [0.4, 0.5) is 5.82 Å². The maximum atomic E-state index is 5.80. The van der Waals surface area contributed by atoms with Gasteiger partial charge in [-0.25, -0.2) is 9.66 Å². The Bertz CT molecular complexity index is 519. The summed E-state index contributed by atoms with van der Waals surface area (Å²) in [5, 5.41) is 0. The van der Waals surface area contributed by atoms with Gasteiger partial charge in [0.05, 0.1) is 7.11 Å². The Morgan fingerprint density at radius 1 is 1.38 bits per heavy atom. The Balaban J connectivity index is 2.49. The van der Waals surface area contributed by atoms with Crippen molar-refractivity contribution in [2.75, 3.05) is 18.7 Å². The van der Waals surface area contributed by atoms with Gasteiger partial charge in [-0.05, 0) is 30.7 Å². The molecule has 0 saturated heterocycles. The molecule has 0 radical (unpaired) electrons. The van der Waals surface area contributed by atoms with Crippen molar-refractivity contribution in [3.05, 3.63) is 30.1 Å². The summed E-state index contributed by atoms with van der Waals surface area (Å²) in [6.45, 7) is 1.97. The second kappa shape index (κ2) is 3.77. The van der Waals surface area contributed by atoms with Crippen LogP contribution in [0.15, 0.2) is 24.5 Å². The van der Waals surface area contributed by atoms with E-state index in [-0.39, 0.29) is 0 Å². The van der Waals surface area contributed by atoms with Gasteiger partial charge >= 0.3 is 0 Å². The molecule has 0 saturated carbocycles. The molecule has 0 aliphatic rings. The van der Waals surface area contributed by atoms with Crippen LogP contribution in [0.2, 0.25) is 0 Å². The topological polar surface area (TPSA) is 79.1 Å². The van der Waals surface area contributed by atoms with E-state index in [9.17, 15) is 0 Å². The number of nitrogens with zero attached hydrogens (tertiary/aromatic N) is 2. The number of methoxy groups -OCH3 is 1. The van der Waals surface area contributed by atoms with Gasteiger partial charge in [0.1, 0.15) is 23.6 Å². The monoisotopic (exact) mass is 218 g/mol. The number of hydrogen-bond acceptors (Lipinski definition) is 4. The highest BCUT2D eigenvalue weighted by Gasteiger charge is 2.09. The molecule has 0 unspecified atom stereocenters. The lowest BCUT2D eigenvalue weighted by Gasteiger charge is -2.06. The molecular weight excluding hydrogens is 204 g/mol. The van der Waals surface area contributed by atoms with Gasteiger partial charge in [-0.2, -0.15) is 0 Å². The molecule has 0 bridgehead atoms. The van der Waals surface area contributed by atoms with E-state index in [4.69, 9.17) is 16.3 Å². The Kier molecular flexibility index (Phi) is 2.44. The van der Waals surface area contributed by atoms with E-state index >= 15 is 0 Å². The Labute approximate surface area is 93.6 Å². The van der Waals surface area contributed by atoms with Crippen molar-refractivity contribution < 1.29 is 4.74 Å². The second-order valence-electron chi connectivity index (χ2n) is 3.57. The molecule has 1 aromatic heterocycles. The molecule has 0 atom stereocenters. The quantitative estimate of drug-likeness (QED) is 0.741. The first-order valence-electron chi connectivity index (χ1n) is 4.86. The van der Waals surface area contributed by atoms with E-state index in [0.29, 0.717) is 11.5 Å². The third-order valence-electron chi connectivity index (χ3n) is 2.50. The minimum absolute atomic E-state index is 0.449. The van der Waals surface area contributed by atoms with E-state index in [0.717, 1.165) is 16.9 Å². The fourth-order valence-electron chi connectivity index (χ4n) is 1.62. The summed E-state index contributed by atoms with van der Waals surface area (Å²) in [6, 6.07) is 5.77. The number of imidazole rings is 1. The minimum Gasteiger partial charge on any atom is -0.496 e. The third-order valence-corrected chi connectivity index (χ3v) is 2.50. The SMILES string of the molecule is COc1ccc(-c2ncn(N)c2N)cc1C. The van der Waals surface area contributed by atoms with Gasteiger partial charge in [0.15, 0.2) is 0 Å². The summed E-state index contributed by atoms with van der Waals surface area (Å²) in [6.07, 6.45) is 1.49. The van der Waals surface area contributed by atoms with Gasteiger partial charge in [0, 0.05) is 5.56 Å². The average Bonchev–Trinajstić information content (AvgIpc) is 2.60. The van der Waals surface area contributed by atoms with Crippen molar-refractivity contribution in [1.29, 1.82) is 0 Å². The first-order chi connectivity index (χ1) is 7.63. The van der Waals surface area contributed by atoms with Crippen LogP contribution in [0.25, 0.3) is 11.3 Å². The summed E-state index contributed by atoms with van der Waals surface area (Å²) >= 11 is 0. The van der Waals surface area contributed by atoms with Crippen molar-refractivity contribution in [2.45, 2.75) is 6.92 Å². The molecule has 2 rings (SSSR count). The molecule has 0 fully saturated rings. The van der Waals surface area contributed by atoms with Crippen molar-refractivity contribution in [3.8, 4) is 17.0 Å². The summed E-state index contributed by atoms with van der Waals surface area (Å²) < 4.78 is 6.49. The highest BCUT2D eigenvalue weighted by molar-refractivity contribution is 5.71. The number of benzene rings is 1. The van der Waals surface area contributed by atoms with Crippen molar-refractivity contribution in [1.82, 2.24) is 9.66 Å². The predicted octanol–water partition coefficient (Wildman–Crippen LogP) is 1.16. The number of aryl methyl sites for hydroxylation is 1. The smallest absolute Gasteiger partial charge is 0.150 e. The lowest BCUT2D eigenvalue weighted by atomic mass is 10.1. The number of nitrogen functional groups attached to an aromatic ring is 2. The zero-order valence-corrected chi connectivity index (χ0v) is 9.27. The Morgan fingerprint density at radius 3 is 2.62 bits per heavy atom. The van der Waals surface area contributed by atoms with Gasteiger partial charge < -0.3 is 16.3 Å². The fraction of sp³-hybridized carbons (Fsp3) is 0.182. The molecule has 5 heteroatoms.